The summed E-state index contributed by atoms with van der Waals surface area (Å²) < 4.78 is 19.1. The maximum absolute atomic E-state index is 12.1. The minimum absolute atomic E-state index is 0.0312. The van der Waals surface area contributed by atoms with Gasteiger partial charge in [0.05, 0.1) is 25.9 Å². The van der Waals surface area contributed by atoms with Gasteiger partial charge in [0.25, 0.3) is 0 Å². The fourth-order valence-electron chi connectivity index (χ4n) is 1.89. The molecule has 0 spiro atoms. The number of hydrogen-bond donors (Lipinski definition) is 1. The van der Waals surface area contributed by atoms with E-state index in [2.05, 4.69) is 10.1 Å². The quantitative estimate of drug-likeness (QED) is 0.164. The van der Waals surface area contributed by atoms with Crippen molar-refractivity contribution in [3.8, 4) is 0 Å². The Bertz CT molecular complexity index is 788. The van der Waals surface area contributed by atoms with E-state index >= 15 is 0 Å². The molecule has 1 aromatic rings. The van der Waals surface area contributed by atoms with E-state index < -0.39 is 29.5 Å². The van der Waals surface area contributed by atoms with E-state index in [-0.39, 0.29) is 24.5 Å². The normalized spacial score (nSPS) is 10.4. The Morgan fingerprint density at radius 3 is 1.97 bits per heavy atom. The second-order valence-electron chi connectivity index (χ2n) is 5.44. The highest BCUT2D eigenvalue weighted by atomic mass is 16.6. The van der Waals surface area contributed by atoms with Gasteiger partial charge in [-0.1, -0.05) is 17.7 Å². The summed E-state index contributed by atoms with van der Waals surface area (Å²) in [5.41, 5.74) is 0.419. The number of carbonyl (C=O) groups excluding carboxylic acids is 4. The molecule has 9 nitrogen and oxygen atoms in total. The largest absolute Gasteiger partial charge is 0.464 e. The molecule has 0 aromatic heterocycles. The number of carbonyl (C=O) groups is 4. The van der Waals surface area contributed by atoms with Crippen molar-refractivity contribution in [1.29, 1.82) is 0 Å². The van der Waals surface area contributed by atoms with Crippen LogP contribution in [0.4, 0.5) is 0 Å². The van der Waals surface area contributed by atoms with E-state index in [1.54, 1.807) is 38.1 Å². The SMILES string of the molecule is CCOC(=O)C(=CN/C(=C\OC(=O)c1ccc(C)cc1)C(=O)OC)C(=O)OCC. The average molecular weight is 405 g/mol. The van der Waals surface area contributed by atoms with Gasteiger partial charge in [-0.3, -0.25) is 0 Å². The van der Waals surface area contributed by atoms with E-state index in [1.807, 2.05) is 6.92 Å². The van der Waals surface area contributed by atoms with Gasteiger partial charge in [0, 0.05) is 6.20 Å². The van der Waals surface area contributed by atoms with Gasteiger partial charge in [-0.25, -0.2) is 19.2 Å². The van der Waals surface area contributed by atoms with Gasteiger partial charge < -0.3 is 24.3 Å². The standard InChI is InChI=1S/C20H23NO8/c1-5-27-18(23)15(19(24)28-6-2)11-21-16(20(25)26-4)12-29-17(22)14-9-7-13(3)8-10-14/h7-12,21H,5-6H2,1-4H3/b16-12-. The van der Waals surface area contributed by atoms with Gasteiger partial charge in [0.2, 0.25) is 0 Å². The highest BCUT2D eigenvalue weighted by Crippen LogP contribution is 2.07. The van der Waals surface area contributed by atoms with Crippen LogP contribution in [-0.4, -0.2) is 44.2 Å². The molecule has 29 heavy (non-hydrogen) atoms. The van der Waals surface area contributed by atoms with Crippen LogP contribution < -0.4 is 5.32 Å². The molecule has 1 N–H and O–H groups in total. The maximum Gasteiger partial charge on any atom is 0.357 e. The molecule has 0 aliphatic rings. The third-order valence-corrected chi connectivity index (χ3v) is 3.34. The van der Waals surface area contributed by atoms with Crippen LogP contribution in [0, 0.1) is 6.92 Å². The Hall–Kier alpha value is -3.62. The molecule has 0 bridgehead atoms. The molecule has 0 saturated carbocycles. The zero-order valence-corrected chi connectivity index (χ0v) is 16.6. The number of benzene rings is 1. The predicted octanol–water partition coefficient (Wildman–Crippen LogP) is 1.77. The van der Waals surface area contributed by atoms with Crippen molar-refractivity contribution in [1.82, 2.24) is 5.32 Å². The van der Waals surface area contributed by atoms with Crippen molar-refractivity contribution in [2.45, 2.75) is 20.8 Å². The molecular weight excluding hydrogens is 382 g/mol. The fourth-order valence-corrected chi connectivity index (χ4v) is 1.89. The van der Waals surface area contributed by atoms with Crippen LogP contribution in [0.25, 0.3) is 0 Å². The number of methoxy groups -OCH3 is 1. The Balaban J connectivity index is 3.04. The summed E-state index contributed by atoms with van der Waals surface area (Å²) in [5.74, 6) is -3.50. The van der Waals surface area contributed by atoms with Gasteiger partial charge in [0.1, 0.15) is 6.26 Å². The highest BCUT2D eigenvalue weighted by molar-refractivity contribution is 6.14. The van der Waals surface area contributed by atoms with Gasteiger partial charge in [-0.2, -0.15) is 0 Å². The molecule has 0 aliphatic heterocycles. The number of rotatable bonds is 9. The molecular formula is C20H23NO8. The minimum Gasteiger partial charge on any atom is -0.464 e. The second-order valence-corrected chi connectivity index (χ2v) is 5.44. The zero-order valence-electron chi connectivity index (χ0n) is 16.6. The summed E-state index contributed by atoms with van der Waals surface area (Å²) in [6.07, 6.45) is 1.73. The maximum atomic E-state index is 12.1. The Kier molecular flexibility index (Phi) is 9.66. The lowest BCUT2D eigenvalue weighted by Gasteiger charge is -2.09. The van der Waals surface area contributed by atoms with Gasteiger partial charge >= 0.3 is 23.9 Å². The summed E-state index contributed by atoms with van der Waals surface area (Å²) >= 11 is 0. The molecule has 0 atom stereocenters. The first-order chi connectivity index (χ1) is 13.8. The summed E-state index contributed by atoms with van der Waals surface area (Å²) in [6, 6.07) is 6.59. The first-order valence-corrected chi connectivity index (χ1v) is 8.71. The van der Waals surface area contributed by atoms with Crippen molar-refractivity contribution < 1.29 is 38.1 Å². The molecule has 1 aromatic carbocycles. The number of hydrogen-bond acceptors (Lipinski definition) is 9. The lowest BCUT2D eigenvalue weighted by atomic mass is 10.1. The van der Waals surface area contributed by atoms with Gasteiger partial charge in [-0.05, 0) is 32.9 Å². The fraction of sp³-hybridized carbons (Fsp3) is 0.300. The topological polar surface area (TPSA) is 117 Å². The van der Waals surface area contributed by atoms with E-state index in [9.17, 15) is 19.2 Å². The highest BCUT2D eigenvalue weighted by Gasteiger charge is 2.22. The number of aryl methyl sites for hydroxylation is 1. The summed E-state index contributed by atoms with van der Waals surface area (Å²) in [5, 5.41) is 2.41. The lowest BCUT2D eigenvalue weighted by molar-refractivity contribution is -0.146. The third kappa shape index (κ3) is 7.49. The molecule has 0 heterocycles. The first kappa shape index (κ1) is 23.4. The molecule has 0 saturated heterocycles. The minimum atomic E-state index is -0.945. The Morgan fingerprint density at radius 1 is 0.931 bits per heavy atom. The molecule has 0 radical (unpaired) electrons. The number of nitrogens with one attached hydrogen (secondary N) is 1. The van der Waals surface area contributed by atoms with Crippen LogP contribution in [0.15, 0.2) is 48.0 Å². The van der Waals surface area contributed by atoms with E-state index in [0.717, 1.165) is 25.1 Å². The van der Waals surface area contributed by atoms with Gasteiger partial charge in [0.15, 0.2) is 11.3 Å². The van der Waals surface area contributed by atoms with Crippen LogP contribution in [-0.2, 0) is 33.3 Å². The van der Waals surface area contributed by atoms with Crippen LogP contribution in [0.2, 0.25) is 0 Å². The smallest absolute Gasteiger partial charge is 0.357 e. The molecule has 0 fully saturated rings. The molecule has 0 unspecified atom stereocenters. The summed E-state index contributed by atoms with van der Waals surface area (Å²) in [6.45, 7) is 5.06. The third-order valence-electron chi connectivity index (χ3n) is 3.34. The van der Waals surface area contributed by atoms with Gasteiger partial charge in [-0.15, -0.1) is 0 Å². The molecule has 1 rings (SSSR count). The summed E-state index contributed by atoms with van der Waals surface area (Å²) in [7, 11) is 1.11. The van der Waals surface area contributed by atoms with Crippen LogP contribution in [0.3, 0.4) is 0 Å². The number of ether oxygens (including phenoxy) is 4. The first-order valence-electron chi connectivity index (χ1n) is 8.71. The van der Waals surface area contributed by atoms with E-state index in [0.29, 0.717) is 0 Å². The van der Waals surface area contributed by atoms with E-state index in [4.69, 9.17) is 14.2 Å². The lowest BCUT2D eigenvalue weighted by Crippen LogP contribution is -2.24. The van der Waals surface area contributed by atoms with E-state index in [1.165, 1.54) is 0 Å². The van der Waals surface area contributed by atoms with Crippen molar-refractivity contribution in [3.05, 3.63) is 59.1 Å². The van der Waals surface area contributed by atoms with Crippen molar-refractivity contribution in [2.24, 2.45) is 0 Å². The average Bonchev–Trinajstić information content (AvgIpc) is 2.70. The van der Waals surface area contributed by atoms with Crippen molar-refractivity contribution in [3.63, 3.8) is 0 Å². The summed E-state index contributed by atoms with van der Waals surface area (Å²) in [4.78, 5) is 47.9. The van der Waals surface area contributed by atoms with Crippen LogP contribution in [0.5, 0.6) is 0 Å². The predicted molar refractivity (Wildman–Crippen MR) is 101 cm³/mol. The monoisotopic (exact) mass is 405 g/mol. The number of esters is 4. The Labute approximate surface area is 168 Å². The van der Waals surface area contributed by atoms with Crippen molar-refractivity contribution >= 4 is 23.9 Å². The van der Waals surface area contributed by atoms with Crippen molar-refractivity contribution in [2.75, 3.05) is 20.3 Å². The Morgan fingerprint density at radius 2 is 1.48 bits per heavy atom. The van der Waals surface area contributed by atoms with Crippen LogP contribution in [0.1, 0.15) is 29.8 Å². The molecule has 0 amide bonds. The molecule has 156 valence electrons. The second kappa shape index (κ2) is 12.0. The molecule has 0 aliphatic carbocycles. The zero-order chi connectivity index (χ0) is 21.8. The molecule has 9 heteroatoms. The van der Waals surface area contributed by atoms with Crippen LogP contribution >= 0.6 is 0 Å².